The quantitative estimate of drug-likeness (QED) is 0.420. The number of carbonyl (C=O) groups is 3. The number of anilines is 1. The van der Waals surface area contributed by atoms with Crippen molar-refractivity contribution in [1.82, 2.24) is 15.1 Å². The van der Waals surface area contributed by atoms with Crippen LogP contribution in [0.2, 0.25) is 0 Å². The van der Waals surface area contributed by atoms with Gasteiger partial charge in [0, 0.05) is 30.9 Å². The largest absolute Gasteiger partial charge is 0.496 e. The van der Waals surface area contributed by atoms with Gasteiger partial charge in [-0.05, 0) is 67.3 Å². The number of piperidine rings is 1. The number of nitrogens with zero attached hydrogens (tertiary/aromatic N) is 3. The number of nitrogens with one attached hydrogen (secondary N) is 1. The maximum Gasteiger partial charge on any atom is 0.416 e. The van der Waals surface area contributed by atoms with E-state index in [9.17, 15) is 27.6 Å². The highest BCUT2D eigenvalue weighted by Gasteiger charge is 2.54. The van der Waals surface area contributed by atoms with Gasteiger partial charge >= 0.3 is 6.18 Å². The summed E-state index contributed by atoms with van der Waals surface area (Å²) in [5, 5.41) is 2.90. The van der Waals surface area contributed by atoms with Crippen molar-refractivity contribution < 1.29 is 32.3 Å². The van der Waals surface area contributed by atoms with Gasteiger partial charge in [0.25, 0.3) is 11.8 Å². The van der Waals surface area contributed by atoms with Crippen molar-refractivity contribution >= 4 is 23.4 Å². The van der Waals surface area contributed by atoms with Crippen LogP contribution in [0.25, 0.3) is 0 Å². The molecule has 43 heavy (non-hydrogen) atoms. The average molecular weight is 595 g/mol. The van der Waals surface area contributed by atoms with E-state index in [1.165, 1.54) is 12.1 Å². The molecular weight excluding hydrogens is 561 g/mol. The maximum atomic E-state index is 13.9. The van der Waals surface area contributed by atoms with Crippen molar-refractivity contribution in [3.63, 3.8) is 0 Å². The van der Waals surface area contributed by atoms with Crippen molar-refractivity contribution in [2.45, 2.75) is 31.0 Å². The molecule has 0 radical (unpaired) electrons. The van der Waals surface area contributed by atoms with E-state index in [-0.39, 0.29) is 49.6 Å². The van der Waals surface area contributed by atoms with E-state index < -0.39 is 17.3 Å². The normalized spacial score (nSPS) is 16.5. The molecule has 2 aliphatic rings. The summed E-state index contributed by atoms with van der Waals surface area (Å²) in [6.07, 6.45) is -3.27. The van der Waals surface area contributed by atoms with Crippen molar-refractivity contribution in [2.24, 2.45) is 0 Å². The van der Waals surface area contributed by atoms with Crippen molar-refractivity contribution in [1.29, 1.82) is 0 Å². The van der Waals surface area contributed by atoms with Crippen LogP contribution in [0.15, 0.2) is 78.9 Å². The van der Waals surface area contributed by atoms with Crippen molar-refractivity contribution in [3.05, 3.63) is 95.6 Å². The first kappa shape index (κ1) is 29.9. The zero-order valence-electron chi connectivity index (χ0n) is 23.8. The number of amides is 3. The number of methoxy groups -OCH3 is 1. The summed E-state index contributed by atoms with van der Waals surface area (Å²) in [7, 11) is 1.60. The molecular formula is C32H33F3N4O4. The average Bonchev–Trinajstić information content (AvgIpc) is 3.27. The molecule has 2 fully saturated rings. The van der Waals surface area contributed by atoms with Crippen molar-refractivity contribution in [3.8, 4) is 5.75 Å². The minimum Gasteiger partial charge on any atom is -0.496 e. The fraction of sp³-hybridized carbons (Fsp3) is 0.344. The van der Waals surface area contributed by atoms with E-state index in [4.69, 9.17) is 4.74 Å². The monoisotopic (exact) mass is 594 g/mol. The predicted molar refractivity (Wildman–Crippen MR) is 155 cm³/mol. The Bertz CT molecular complexity index is 1460. The molecule has 8 nitrogen and oxygen atoms in total. The second-order valence-electron chi connectivity index (χ2n) is 10.7. The second-order valence-corrected chi connectivity index (χ2v) is 10.7. The third-order valence-corrected chi connectivity index (χ3v) is 8.16. The molecule has 3 aromatic carbocycles. The number of carbonyl (C=O) groups excluding carboxylic acids is 3. The third-order valence-electron chi connectivity index (χ3n) is 8.16. The molecule has 1 spiro atoms. The summed E-state index contributed by atoms with van der Waals surface area (Å²) in [4.78, 5) is 45.1. The van der Waals surface area contributed by atoms with E-state index in [1.54, 1.807) is 16.9 Å². The van der Waals surface area contributed by atoms with Crippen LogP contribution >= 0.6 is 0 Å². The lowest BCUT2D eigenvalue weighted by Gasteiger charge is -2.43. The summed E-state index contributed by atoms with van der Waals surface area (Å²) in [5.41, 5.74) is 0.191. The Morgan fingerprint density at radius 1 is 0.930 bits per heavy atom. The number of alkyl halides is 3. The van der Waals surface area contributed by atoms with E-state index >= 15 is 0 Å². The molecule has 2 saturated heterocycles. The predicted octanol–water partition coefficient (Wildman–Crippen LogP) is 4.35. The van der Waals surface area contributed by atoms with Crippen LogP contribution in [0, 0.1) is 0 Å². The van der Waals surface area contributed by atoms with Crippen LogP contribution in [0.3, 0.4) is 0 Å². The van der Waals surface area contributed by atoms with Crippen LogP contribution in [0.4, 0.5) is 18.9 Å². The summed E-state index contributed by atoms with van der Waals surface area (Å²) in [6.45, 7) is 0.983. The Labute approximate surface area is 248 Å². The zero-order valence-corrected chi connectivity index (χ0v) is 23.8. The van der Waals surface area contributed by atoms with E-state index in [0.717, 1.165) is 29.1 Å². The number of halogens is 3. The topological polar surface area (TPSA) is 82.2 Å². The zero-order chi connectivity index (χ0) is 30.6. The van der Waals surface area contributed by atoms with Crippen LogP contribution in [-0.4, -0.2) is 73.0 Å². The van der Waals surface area contributed by atoms with Gasteiger partial charge in [-0.25, -0.2) is 0 Å². The summed E-state index contributed by atoms with van der Waals surface area (Å²) in [6, 6.07) is 21.2. The first-order valence-electron chi connectivity index (χ1n) is 14.1. The second kappa shape index (κ2) is 12.4. The molecule has 0 aromatic heterocycles. The number of ether oxygens (including phenoxy) is 1. The van der Waals surface area contributed by atoms with Gasteiger partial charge in [0.1, 0.15) is 17.8 Å². The van der Waals surface area contributed by atoms with Gasteiger partial charge in [0.05, 0.1) is 19.3 Å². The molecule has 11 heteroatoms. The molecule has 2 heterocycles. The molecule has 5 rings (SSSR count). The molecule has 226 valence electrons. The SMILES string of the molecule is COc1ccccc1CCNC(=O)CN1CN(c2ccccc2)C2(CCN(C(=O)c3ccc(C(F)(F)F)cc3)CC2)C1=O. The Morgan fingerprint density at radius 2 is 1.58 bits per heavy atom. The highest BCUT2D eigenvalue weighted by molar-refractivity contribution is 5.97. The summed E-state index contributed by atoms with van der Waals surface area (Å²) >= 11 is 0. The van der Waals surface area contributed by atoms with Crippen LogP contribution in [0.5, 0.6) is 5.75 Å². The fourth-order valence-electron chi connectivity index (χ4n) is 5.86. The molecule has 0 bridgehead atoms. The molecule has 2 aliphatic heterocycles. The number of benzene rings is 3. The van der Waals surface area contributed by atoms with Crippen LogP contribution in [0.1, 0.15) is 34.3 Å². The van der Waals surface area contributed by atoms with E-state index in [0.29, 0.717) is 25.8 Å². The molecule has 0 atom stereocenters. The standard InChI is InChI=1S/C32H33F3N4O4/c1-43-27-10-6-5-7-23(27)15-18-36-28(40)21-38-22-39(26-8-3-2-4-9-26)31(30(38)42)16-19-37(20-17-31)29(41)24-11-13-25(14-12-24)32(33,34)35/h2-14H,15-22H2,1H3,(H,36,40). The molecule has 3 amide bonds. The molecule has 0 unspecified atom stereocenters. The summed E-state index contributed by atoms with van der Waals surface area (Å²) in [5.74, 6) is -0.0947. The first-order valence-corrected chi connectivity index (χ1v) is 14.1. The number of para-hydroxylation sites is 2. The number of hydrogen-bond acceptors (Lipinski definition) is 5. The van der Waals surface area contributed by atoms with E-state index in [2.05, 4.69) is 5.32 Å². The number of hydrogen-bond donors (Lipinski definition) is 1. The third kappa shape index (κ3) is 6.30. The molecule has 0 aliphatic carbocycles. The lowest BCUT2D eigenvalue weighted by atomic mass is 9.85. The fourth-order valence-corrected chi connectivity index (χ4v) is 5.86. The smallest absolute Gasteiger partial charge is 0.416 e. The molecule has 0 saturated carbocycles. The first-order chi connectivity index (χ1) is 20.6. The van der Waals surface area contributed by atoms with Crippen LogP contribution < -0.4 is 15.0 Å². The Hall–Kier alpha value is -4.54. The van der Waals surface area contributed by atoms with Gasteiger partial charge < -0.3 is 24.8 Å². The van der Waals surface area contributed by atoms with E-state index in [1.807, 2.05) is 59.5 Å². The number of rotatable bonds is 8. The lowest BCUT2D eigenvalue weighted by Crippen LogP contribution is -2.57. The molecule has 3 aromatic rings. The Morgan fingerprint density at radius 3 is 2.23 bits per heavy atom. The number of likely N-dealkylation sites (tertiary alicyclic amines) is 1. The van der Waals surface area contributed by atoms with Gasteiger partial charge in [-0.15, -0.1) is 0 Å². The minimum absolute atomic E-state index is 0.107. The molecule has 1 N–H and O–H groups in total. The highest BCUT2D eigenvalue weighted by Crippen LogP contribution is 2.40. The van der Waals surface area contributed by atoms with Gasteiger partial charge in [0.2, 0.25) is 5.91 Å². The Kier molecular flexibility index (Phi) is 8.61. The van der Waals surface area contributed by atoms with Gasteiger partial charge in [-0.2, -0.15) is 13.2 Å². The highest BCUT2D eigenvalue weighted by atomic mass is 19.4. The van der Waals surface area contributed by atoms with Gasteiger partial charge in [-0.1, -0.05) is 36.4 Å². The summed E-state index contributed by atoms with van der Waals surface area (Å²) < 4.78 is 44.3. The lowest BCUT2D eigenvalue weighted by molar-refractivity contribution is -0.137. The van der Waals surface area contributed by atoms with Crippen molar-refractivity contribution in [2.75, 3.05) is 44.9 Å². The Balaban J connectivity index is 1.25. The van der Waals surface area contributed by atoms with Gasteiger partial charge in [-0.3, -0.25) is 14.4 Å². The minimum atomic E-state index is -4.49. The maximum absolute atomic E-state index is 13.9. The van der Waals surface area contributed by atoms with Gasteiger partial charge in [0.15, 0.2) is 0 Å². The van der Waals surface area contributed by atoms with Crippen LogP contribution in [-0.2, 0) is 22.2 Å².